The Kier molecular flexibility index (Phi) is 15.4. The summed E-state index contributed by atoms with van der Waals surface area (Å²) in [5.74, 6) is 0. The number of phosphoric acid groups is 1. The molecule has 0 saturated heterocycles. The third-order valence-corrected chi connectivity index (χ3v) is 0. The molecule has 0 bridgehead atoms. The summed E-state index contributed by atoms with van der Waals surface area (Å²) >= 11 is 0. The fourth-order valence-electron chi connectivity index (χ4n) is 0. The summed E-state index contributed by atoms with van der Waals surface area (Å²) in [7, 11) is -4.64. The molecule has 0 aromatic heterocycles. The van der Waals surface area contributed by atoms with E-state index in [0.29, 0.717) is 0 Å². The second-order valence-electron chi connectivity index (χ2n) is 0.513. The molecular formula is H5LiO4PRb. The Morgan fingerprint density at radius 3 is 1.14 bits per heavy atom. The Labute approximate surface area is 102 Å². The van der Waals surface area contributed by atoms with Crippen LogP contribution in [-0.4, -0.2) is 91.7 Å². The van der Waals surface area contributed by atoms with Gasteiger partial charge in [-0.25, -0.2) is 4.57 Å². The molecule has 4 nitrogen and oxygen atoms in total. The first kappa shape index (κ1) is 16.3. The molecule has 7 heavy (non-hydrogen) atoms. The zero-order valence-electron chi connectivity index (χ0n) is 2.20. The maximum atomic E-state index is 8.88. The predicted molar refractivity (Wildman–Crippen MR) is 28.6 cm³/mol. The average Bonchev–Trinajstić information content (AvgIpc) is 0.722. The van der Waals surface area contributed by atoms with Crippen LogP contribution in [0.1, 0.15) is 0 Å². The van der Waals surface area contributed by atoms with Crippen molar-refractivity contribution < 1.29 is 19.2 Å². The zero-order chi connectivity index (χ0) is 4.50. The molecule has 0 spiro atoms. The van der Waals surface area contributed by atoms with Gasteiger partial charge in [-0.05, 0) is 0 Å². The van der Waals surface area contributed by atoms with Gasteiger partial charge < -0.3 is 14.7 Å². The first-order valence-electron chi connectivity index (χ1n) is 0.783. The summed E-state index contributed by atoms with van der Waals surface area (Å²) in [6.07, 6.45) is 0. The minimum atomic E-state index is -4.64. The van der Waals surface area contributed by atoms with E-state index in [0.717, 1.165) is 0 Å². The van der Waals surface area contributed by atoms with E-state index in [4.69, 9.17) is 19.2 Å². The molecule has 0 aromatic carbocycles. The van der Waals surface area contributed by atoms with E-state index < -0.39 is 7.82 Å². The Hall–Kier alpha value is 2.51. The topological polar surface area (TPSA) is 77.8 Å². The van der Waals surface area contributed by atoms with Crippen molar-refractivity contribution in [3.05, 3.63) is 0 Å². The van der Waals surface area contributed by atoms with Gasteiger partial charge in [0.15, 0.2) is 0 Å². The Morgan fingerprint density at radius 1 is 1.14 bits per heavy atom. The molecule has 3 N–H and O–H groups in total. The molecule has 36 valence electrons. The van der Waals surface area contributed by atoms with Crippen molar-refractivity contribution in [2.24, 2.45) is 0 Å². The molecule has 0 unspecified atom stereocenters. The van der Waals surface area contributed by atoms with Crippen LogP contribution in [0.2, 0.25) is 0 Å². The van der Waals surface area contributed by atoms with Crippen LogP contribution in [0.4, 0.5) is 0 Å². The van der Waals surface area contributed by atoms with E-state index in [1.807, 2.05) is 0 Å². The van der Waals surface area contributed by atoms with E-state index in [9.17, 15) is 0 Å². The van der Waals surface area contributed by atoms with Crippen LogP contribution in [-0.2, 0) is 4.57 Å². The molecule has 0 saturated carbocycles. The van der Waals surface area contributed by atoms with Gasteiger partial charge in [-0.2, -0.15) is 0 Å². The molecule has 0 radical (unpaired) electrons. The zero-order valence-corrected chi connectivity index (χ0v) is 3.09. The average molecular weight is 192 g/mol. The van der Waals surface area contributed by atoms with Crippen LogP contribution in [0.25, 0.3) is 0 Å². The monoisotopic (exact) mass is 192 g/mol. The number of rotatable bonds is 0. The van der Waals surface area contributed by atoms with Crippen molar-refractivity contribution in [1.29, 1.82) is 0 Å². The van der Waals surface area contributed by atoms with Gasteiger partial charge in [0.05, 0.1) is 0 Å². The molecule has 0 aliphatic heterocycles. The van der Waals surface area contributed by atoms with E-state index in [1.165, 1.54) is 0 Å². The van der Waals surface area contributed by atoms with Crippen molar-refractivity contribution in [1.82, 2.24) is 0 Å². The van der Waals surface area contributed by atoms with E-state index in [2.05, 4.69) is 0 Å². The van der Waals surface area contributed by atoms with Gasteiger partial charge in [-0.1, -0.05) is 0 Å². The molecule has 0 atom stereocenters. The van der Waals surface area contributed by atoms with Gasteiger partial charge in [0.25, 0.3) is 0 Å². The van der Waals surface area contributed by atoms with Crippen molar-refractivity contribution in [2.75, 3.05) is 0 Å². The van der Waals surface area contributed by atoms with Crippen molar-refractivity contribution >= 4 is 84.9 Å². The van der Waals surface area contributed by atoms with Crippen LogP contribution in [0.3, 0.4) is 0 Å². The summed E-state index contributed by atoms with van der Waals surface area (Å²) in [5, 5.41) is 0. The van der Waals surface area contributed by atoms with Gasteiger partial charge in [0.1, 0.15) is 0 Å². The predicted octanol–water partition coefficient (Wildman–Crippen LogP) is -2.23. The van der Waals surface area contributed by atoms with Crippen LogP contribution >= 0.6 is 7.82 Å². The summed E-state index contributed by atoms with van der Waals surface area (Å²) in [6, 6.07) is 0. The summed E-state index contributed by atoms with van der Waals surface area (Å²) in [4.78, 5) is 21.6. The summed E-state index contributed by atoms with van der Waals surface area (Å²) < 4.78 is 8.88. The molecule has 0 aliphatic carbocycles. The van der Waals surface area contributed by atoms with Gasteiger partial charge in [0.2, 0.25) is 0 Å². The van der Waals surface area contributed by atoms with Gasteiger partial charge in [-0.15, -0.1) is 0 Å². The number of hydrogen-bond donors (Lipinski definition) is 3. The Bertz CT molecular complexity index is 57.8. The number of hydrogen-bond acceptors (Lipinski definition) is 1. The van der Waals surface area contributed by atoms with Gasteiger partial charge >= 0.3 is 84.9 Å². The van der Waals surface area contributed by atoms with Crippen LogP contribution in [0, 0.1) is 0 Å². The molecule has 7 heteroatoms. The first-order chi connectivity index (χ1) is 2.00. The molecule has 0 aromatic rings. The molecule has 0 fully saturated rings. The molecule has 0 rings (SSSR count). The fourth-order valence-corrected chi connectivity index (χ4v) is 0. The van der Waals surface area contributed by atoms with E-state index >= 15 is 0 Å². The Balaban J connectivity index is -0.0000000800. The normalized spacial score (nSPS) is 8.43. The Morgan fingerprint density at radius 2 is 1.14 bits per heavy atom. The van der Waals surface area contributed by atoms with Crippen molar-refractivity contribution in [3.63, 3.8) is 0 Å². The van der Waals surface area contributed by atoms with E-state index in [1.54, 1.807) is 0 Å². The second-order valence-corrected chi connectivity index (χ2v) is 1.54. The quantitative estimate of drug-likeness (QED) is 0.300. The fraction of sp³-hybridized carbons (Fsp3) is 0. The molecule has 0 aliphatic rings. The third kappa shape index (κ3) is 57.2. The standard InChI is InChI=1S/Li.H3O4P.Rb.2H/c;1-5(2,3)4;;;/h;(H3,1,2,3,4);;;. The van der Waals surface area contributed by atoms with E-state index in [-0.39, 0.29) is 77.0 Å². The molecule has 0 amide bonds. The van der Waals surface area contributed by atoms with Crippen molar-refractivity contribution in [3.8, 4) is 0 Å². The summed E-state index contributed by atoms with van der Waals surface area (Å²) in [5.41, 5.74) is 0. The maximum absolute atomic E-state index is 8.88. The summed E-state index contributed by atoms with van der Waals surface area (Å²) in [6.45, 7) is 0. The second kappa shape index (κ2) is 6.63. The van der Waals surface area contributed by atoms with Crippen LogP contribution in [0.15, 0.2) is 0 Å². The van der Waals surface area contributed by atoms with Gasteiger partial charge in [-0.3, -0.25) is 0 Å². The van der Waals surface area contributed by atoms with Gasteiger partial charge in [0, 0.05) is 0 Å². The van der Waals surface area contributed by atoms with Crippen molar-refractivity contribution in [2.45, 2.75) is 0 Å². The molecular weight excluding hydrogens is 187 g/mol. The minimum absolute atomic E-state index is 0. The first-order valence-corrected chi connectivity index (χ1v) is 2.35. The third-order valence-electron chi connectivity index (χ3n) is 0. The van der Waals surface area contributed by atoms with Crippen LogP contribution in [0.5, 0.6) is 0 Å². The van der Waals surface area contributed by atoms with Crippen LogP contribution < -0.4 is 0 Å². The SMILES string of the molecule is O=P(O)(O)O.[LiH].[RbH]. The molecule has 0 heterocycles.